The summed E-state index contributed by atoms with van der Waals surface area (Å²) in [4.78, 5) is 37.0. The first kappa shape index (κ1) is 19.9. The van der Waals surface area contributed by atoms with Crippen molar-refractivity contribution in [2.75, 3.05) is 33.3 Å². The van der Waals surface area contributed by atoms with Gasteiger partial charge in [0, 0.05) is 19.0 Å². The zero-order chi connectivity index (χ0) is 20.4. The molecule has 156 valence electrons. The first-order chi connectivity index (χ1) is 14.0. The number of nitrogens with one attached hydrogen (secondary N) is 1. The number of aromatic amines is 1. The van der Waals surface area contributed by atoms with Crippen molar-refractivity contribution in [1.82, 2.24) is 19.8 Å². The lowest BCUT2D eigenvalue weighted by atomic mass is 9.92. The van der Waals surface area contributed by atoms with E-state index in [2.05, 4.69) is 35.0 Å². The lowest BCUT2D eigenvalue weighted by Crippen LogP contribution is -2.46. The van der Waals surface area contributed by atoms with Crippen molar-refractivity contribution in [1.29, 1.82) is 0 Å². The van der Waals surface area contributed by atoms with Crippen molar-refractivity contribution < 1.29 is 14.3 Å². The number of piperidine rings is 2. The average molecular weight is 399 g/mol. The third-order valence-electron chi connectivity index (χ3n) is 6.34. The maximum absolute atomic E-state index is 12.9. The summed E-state index contributed by atoms with van der Waals surface area (Å²) in [5.41, 5.74) is 3.31. The molecule has 1 amide bonds. The largest absolute Gasteiger partial charge is 0.469 e. The van der Waals surface area contributed by atoms with Crippen molar-refractivity contribution >= 4 is 22.9 Å². The first-order valence-corrected chi connectivity index (χ1v) is 10.6. The molecule has 4 rings (SSSR count). The van der Waals surface area contributed by atoms with Crippen LogP contribution >= 0.6 is 0 Å². The minimum Gasteiger partial charge on any atom is -0.469 e. The van der Waals surface area contributed by atoms with E-state index < -0.39 is 0 Å². The van der Waals surface area contributed by atoms with Crippen molar-refractivity contribution in [3.05, 3.63) is 29.6 Å². The number of fused-ring (bicyclic) bond motifs is 1. The van der Waals surface area contributed by atoms with Gasteiger partial charge in [-0.3, -0.25) is 14.5 Å². The first-order valence-electron chi connectivity index (χ1n) is 10.6. The summed E-state index contributed by atoms with van der Waals surface area (Å²) in [6, 6.07) is 6.26. The Morgan fingerprint density at radius 2 is 1.79 bits per heavy atom. The van der Waals surface area contributed by atoms with Crippen LogP contribution in [0.2, 0.25) is 0 Å². The van der Waals surface area contributed by atoms with Crippen molar-refractivity contribution in [3.8, 4) is 0 Å². The predicted octanol–water partition coefficient (Wildman–Crippen LogP) is 2.49. The van der Waals surface area contributed by atoms with Crippen LogP contribution in [0.1, 0.15) is 37.1 Å². The number of likely N-dealkylation sites (tertiary alicyclic amines) is 2. The molecule has 2 fully saturated rings. The van der Waals surface area contributed by atoms with E-state index in [1.54, 1.807) is 0 Å². The minimum absolute atomic E-state index is 0.0569. The molecule has 0 radical (unpaired) electrons. The van der Waals surface area contributed by atoms with Gasteiger partial charge in [0.05, 0.1) is 30.6 Å². The third-order valence-corrected chi connectivity index (χ3v) is 6.34. The van der Waals surface area contributed by atoms with E-state index in [0.717, 1.165) is 49.3 Å². The van der Waals surface area contributed by atoms with Gasteiger partial charge in [-0.15, -0.1) is 0 Å². The fourth-order valence-electron chi connectivity index (χ4n) is 4.56. The molecule has 2 saturated heterocycles. The number of aromatic nitrogens is 2. The van der Waals surface area contributed by atoms with E-state index in [1.807, 2.05) is 4.90 Å². The Morgan fingerprint density at radius 3 is 2.48 bits per heavy atom. The van der Waals surface area contributed by atoms with E-state index in [1.165, 1.54) is 12.7 Å². The molecule has 0 spiro atoms. The number of aryl methyl sites for hydroxylation is 1. The highest BCUT2D eigenvalue weighted by atomic mass is 16.5. The molecule has 0 bridgehead atoms. The van der Waals surface area contributed by atoms with E-state index in [-0.39, 0.29) is 23.7 Å². The van der Waals surface area contributed by atoms with E-state index in [9.17, 15) is 9.59 Å². The number of rotatable bonds is 4. The topological polar surface area (TPSA) is 78.5 Å². The molecule has 7 nitrogen and oxygen atoms in total. The standard InChI is InChI=1S/C22H30N4O3/c1-15-3-4-18-19(13-15)24-20(23-18)14-25-9-5-16(6-10-25)21(27)26-11-7-17(8-12-26)22(28)29-2/h3-4,13,16-17H,5-12,14H2,1-2H3,(H,23,24). The van der Waals surface area contributed by atoms with Gasteiger partial charge in [-0.2, -0.15) is 0 Å². The fraction of sp³-hybridized carbons (Fsp3) is 0.591. The Morgan fingerprint density at radius 1 is 1.10 bits per heavy atom. The maximum Gasteiger partial charge on any atom is 0.308 e. The van der Waals surface area contributed by atoms with Crippen LogP contribution < -0.4 is 0 Å². The number of methoxy groups -OCH3 is 1. The predicted molar refractivity (Wildman–Crippen MR) is 110 cm³/mol. The van der Waals surface area contributed by atoms with Crippen molar-refractivity contribution in [2.45, 2.75) is 39.2 Å². The highest BCUT2D eigenvalue weighted by Crippen LogP contribution is 2.25. The number of hydrogen-bond donors (Lipinski definition) is 1. The summed E-state index contributed by atoms with van der Waals surface area (Å²) in [7, 11) is 1.43. The molecule has 2 aliphatic heterocycles. The van der Waals surface area contributed by atoms with Gasteiger partial charge in [0.15, 0.2) is 0 Å². The number of carbonyl (C=O) groups is 2. The van der Waals surface area contributed by atoms with Crippen molar-refractivity contribution in [3.63, 3.8) is 0 Å². The second-order valence-corrected chi connectivity index (χ2v) is 8.38. The summed E-state index contributed by atoms with van der Waals surface area (Å²) in [5, 5.41) is 0. The highest BCUT2D eigenvalue weighted by Gasteiger charge is 2.33. The van der Waals surface area contributed by atoms with Crippen LogP contribution in [-0.4, -0.2) is 64.9 Å². The number of imidazole rings is 1. The quantitative estimate of drug-likeness (QED) is 0.801. The Bertz CT molecular complexity index is 877. The van der Waals surface area contributed by atoms with E-state index in [4.69, 9.17) is 9.72 Å². The van der Waals surface area contributed by atoms with Gasteiger partial charge in [-0.1, -0.05) is 6.07 Å². The molecule has 0 atom stereocenters. The molecular weight excluding hydrogens is 368 g/mol. The molecule has 0 aliphatic carbocycles. The lowest BCUT2D eigenvalue weighted by molar-refractivity contribution is -0.150. The Kier molecular flexibility index (Phi) is 5.85. The zero-order valence-corrected chi connectivity index (χ0v) is 17.3. The second-order valence-electron chi connectivity index (χ2n) is 8.38. The second kappa shape index (κ2) is 8.53. The molecule has 2 aromatic rings. The molecule has 1 aromatic carbocycles. The lowest BCUT2D eigenvalue weighted by Gasteiger charge is -2.36. The number of benzene rings is 1. The van der Waals surface area contributed by atoms with Crippen LogP contribution in [0.25, 0.3) is 11.0 Å². The normalized spacial score (nSPS) is 19.6. The van der Waals surface area contributed by atoms with Gasteiger partial charge >= 0.3 is 5.97 Å². The minimum atomic E-state index is -0.147. The highest BCUT2D eigenvalue weighted by molar-refractivity contribution is 5.80. The Hall–Kier alpha value is -2.41. The van der Waals surface area contributed by atoms with Gasteiger partial charge in [0.2, 0.25) is 5.91 Å². The molecule has 29 heavy (non-hydrogen) atoms. The number of amides is 1. The average Bonchev–Trinajstić information content (AvgIpc) is 3.14. The van der Waals surface area contributed by atoms with Crippen LogP contribution in [0.15, 0.2) is 18.2 Å². The van der Waals surface area contributed by atoms with Crippen LogP contribution in [-0.2, 0) is 20.9 Å². The number of esters is 1. The fourth-order valence-corrected chi connectivity index (χ4v) is 4.56. The number of nitrogens with zero attached hydrogens (tertiary/aromatic N) is 3. The smallest absolute Gasteiger partial charge is 0.308 e. The van der Waals surface area contributed by atoms with Crippen molar-refractivity contribution in [2.24, 2.45) is 11.8 Å². The molecule has 1 N–H and O–H groups in total. The monoisotopic (exact) mass is 398 g/mol. The number of H-pyrrole nitrogens is 1. The SMILES string of the molecule is COC(=O)C1CCN(C(=O)C2CCN(Cc3nc4ccc(C)cc4[nH]3)CC2)CC1. The van der Waals surface area contributed by atoms with Crippen LogP contribution in [0.4, 0.5) is 0 Å². The molecule has 0 unspecified atom stereocenters. The molecule has 2 aliphatic rings. The zero-order valence-electron chi connectivity index (χ0n) is 17.3. The van der Waals surface area contributed by atoms with E-state index >= 15 is 0 Å². The van der Waals surface area contributed by atoms with Gasteiger partial charge in [0.1, 0.15) is 5.82 Å². The summed E-state index contributed by atoms with van der Waals surface area (Å²) in [5.74, 6) is 1.14. The Labute approximate surface area is 171 Å². The van der Waals surface area contributed by atoms with Gasteiger partial charge in [-0.05, 0) is 63.4 Å². The third kappa shape index (κ3) is 4.45. The summed E-state index contributed by atoms with van der Waals surface area (Å²) >= 11 is 0. The van der Waals surface area contributed by atoms with Gasteiger partial charge < -0.3 is 14.6 Å². The summed E-state index contributed by atoms with van der Waals surface area (Å²) in [6.45, 7) is 6.02. The number of carbonyl (C=O) groups excluding carboxylic acids is 2. The molecule has 0 saturated carbocycles. The van der Waals surface area contributed by atoms with E-state index in [0.29, 0.717) is 25.9 Å². The number of ether oxygens (including phenoxy) is 1. The van der Waals surface area contributed by atoms with Crippen LogP contribution in [0.3, 0.4) is 0 Å². The molecule has 7 heteroatoms. The molecular formula is C22H30N4O3. The maximum atomic E-state index is 12.9. The number of hydrogen-bond acceptors (Lipinski definition) is 5. The van der Waals surface area contributed by atoms with Crippen LogP contribution in [0.5, 0.6) is 0 Å². The summed E-state index contributed by atoms with van der Waals surface area (Å²) < 4.78 is 4.83. The van der Waals surface area contributed by atoms with Gasteiger partial charge in [0.25, 0.3) is 0 Å². The molecule has 3 heterocycles. The van der Waals surface area contributed by atoms with Crippen LogP contribution in [0, 0.1) is 18.8 Å². The van der Waals surface area contributed by atoms with Gasteiger partial charge in [-0.25, -0.2) is 4.98 Å². The Balaban J connectivity index is 1.26. The molecule has 1 aromatic heterocycles. The summed E-state index contributed by atoms with van der Waals surface area (Å²) in [6.07, 6.45) is 3.19.